The summed E-state index contributed by atoms with van der Waals surface area (Å²) in [7, 11) is 11.7. The van der Waals surface area contributed by atoms with E-state index in [0.29, 0.717) is 3.93 Å². The van der Waals surface area contributed by atoms with E-state index in [1.165, 1.54) is 0 Å². The Morgan fingerprint density at radius 3 is 1.43 bits per heavy atom. The van der Waals surface area contributed by atoms with Crippen molar-refractivity contribution in [2.45, 2.75) is 22.7 Å². The predicted octanol–water partition coefficient (Wildman–Crippen LogP) is 2.95. The van der Waals surface area contributed by atoms with Gasteiger partial charge in [0.1, 0.15) is 0 Å². The van der Waals surface area contributed by atoms with Gasteiger partial charge in [0.15, 0.2) is 0 Å². The van der Waals surface area contributed by atoms with Crippen molar-refractivity contribution >= 4 is 34.0 Å². The molecule has 0 nitrogen and oxygen atoms in total. The van der Waals surface area contributed by atoms with Gasteiger partial charge in [-0.1, -0.05) is 0 Å². The second kappa shape index (κ2) is 2.79. The van der Waals surface area contributed by atoms with Crippen molar-refractivity contribution in [2.75, 3.05) is 0 Å². The molecule has 0 heterocycles. The third-order valence-corrected chi connectivity index (χ3v) is 12.7. The summed E-state index contributed by atoms with van der Waals surface area (Å²) in [4.78, 5) is 2.00. The van der Waals surface area contributed by atoms with Crippen LogP contribution < -0.4 is 0 Å². The molecule has 0 saturated heterocycles. The fourth-order valence-corrected chi connectivity index (χ4v) is 0. The molecule has 0 spiro atoms. The molecule has 44 valence electrons. The standard InChI is InChI=1S/C3H7.CH3.2ClH.Sn/c1-3-2;;;;/h3H,1-2H3;1H3;2*1H;/q;;;;+2/p-2. The minimum absolute atomic E-state index is 0.539. The van der Waals surface area contributed by atoms with Crippen molar-refractivity contribution in [3.63, 3.8) is 0 Å². The predicted molar refractivity (Wildman–Crippen MR) is 38.4 cm³/mol. The van der Waals surface area contributed by atoms with E-state index >= 15 is 0 Å². The molecule has 0 aromatic carbocycles. The first kappa shape index (κ1) is 8.38. The quantitative estimate of drug-likeness (QED) is 0.625. The van der Waals surface area contributed by atoms with Gasteiger partial charge >= 0.3 is 56.7 Å². The summed E-state index contributed by atoms with van der Waals surface area (Å²) >= 11 is -2.42. The van der Waals surface area contributed by atoms with Gasteiger partial charge in [-0.25, -0.2) is 0 Å². The molecule has 0 aromatic heterocycles. The Balaban J connectivity index is 3.54. The van der Waals surface area contributed by atoms with Gasteiger partial charge in [-0.2, -0.15) is 0 Å². The van der Waals surface area contributed by atoms with Crippen LogP contribution in [0, 0.1) is 0 Å². The topological polar surface area (TPSA) is 0 Å². The molecular formula is C4H10Cl2Sn. The summed E-state index contributed by atoms with van der Waals surface area (Å²) < 4.78 is 0.539. The van der Waals surface area contributed by atoms with Crippen LogP contribution in [0.5, 0.6) is 0 Å². The molecule has 0 bridgehead atoms. The van der Waals surface area contributed by atoms with Gasteiger partial charge in [0.05, 0.1) is 0 Å². The van der Waals surface area contributed by atoms with Crippen molar-refractivity contribution < 1.29 is 0 Å². The molecule has 0 aliphatic rings. The van der Waals surface area contributed by atoms with Gasteiger partial charge in [-0.15, -0.1) is 0 Å². The van der Waals surface area contributed by atoms with Crippen LogP contribution in [0.4, 0.5) is 0 Å². The van der Waals surface area contributed by atoms with Gasteiger partial charge in [0.2, 0.25) is 0 Å². The first-order chi connectivity index (χ1) is 2.94. The summed E-state index contributed by atoms with van der Waals surface area (Å²) in [5.74, 6) is 0. The molecule has 0 N–H and O–H groups in total. The fourth-order valence-electron chi connectivity index (χ4n) is 0. The monoisotopic (exact) mass is 248 g/mol. The number of hydrogen-bond donors (Lipinski definition) is 0. The van der Waals surface area contributed by atoms with Crippen LogP contribution in [-0.2, 0) is 0 Å². The molecule has 0 unspecified atom stereocenters. The molecule has 0 atom stereocenters. The van der Waals surface area contributed by atoms with E-state index in [0.717, 1.165) is 0 Å². The average Bonchev–Trinajstić information content (AvgIpc) is 1.31. The van der Waals surface area contributed by atoms with Crippen LogP contribution in [0.2, 0.25) is 8.87 Å². The van der Waals surface area contributed by atoms with Crippen LogP contribution >= 0.6 is 17.8 Å². The van der Waals surface area contributed by atoms with Gasteiger partial charge in [0.25, 0.3) is 0 Å². The Morgan fingerprint density at radius 1 is 1.29 bits per heavy atom. The number of hydrogen-bond acceptors (Lipinski definition) is 0. The Morgan fingerprint density at radius 2 is 1.43 bits per heavy atom. The minimum atomic E-state index is -2.42. The zero-order valence-corrected chi connectivity index (χ0v) is 9.20. The van der Waals surface area contributed by atoms with Crippen LogP contribution in [-0.4, -0.2) is 16.1 Å². The third kappa shape index (κ3) is 3.92. The summed E-state index contributed by atoms with van der Waals surface area (Å²) in [6.45, 7) is 4.16. The second-order valence-corrected chi connectivity index (χ2v) is 22.7. The molecule has 0 radical (unpaired) electrons. The average molecular weight is 248 g/mol. The molecular weight excluding hydrogens is 238 g/mol. The van der Waals surface area contributed by atoms with Crippen molar-refractivity contribution in [1.82, 2.24) is 0 Å². The Labute approximate surface area is 56.5 Å². The zero-order valence-electron chi connectivity index (χ0n) is 4.83. The SMILES string of the molecule is C[CH](C)[Sn]([CH3])([Cl])[Cl]. The molecule has 3 heteroatoms. The molecule has 7 heavy (non-hydrogen) atoms. The maximum atomic E-state index is 5.84. The van der Waals surface area contributed by atoms with E-state index in [2.05, 4.69) is 13.8 Å². The zero-order chi connectivity index (χ0) is 6.08. The van der Waals surface area contributed by atoms with E-state index in [-0.39, 0.29) is 0 Å². The van der Waals surface area contributed by atoms with Crippen molar-refractivity contribution in [2.24, 2.45) is 0 Å². The van der Waals surface area contributed by atoms with Crippen molar-refractivity contribution in [1.29, 1.82) is 0 Å². The molecule has 0 aliphatic carbocycles. The van der Waals surface area contributed by atoms with Gasteiger partial charge in [0, 0.05) is 0 Å². The summed E-state index contributed by atoms with van der Waals surface area (Å²) in [5, 5.41) is 0. The van der Waals surface area contributed by atoms with Crippen LogP contribution in [0.3, 0.4) is 0 Å². The Kier molecular flexibility index (Phi) is 3.34. The first-order valence-electron chi connectivity index (χ1n) is 2.32. The van der Waals surface area contributed by atoms with Crippen LogP contribution in [0.15, 0.2) is 0 Å². The van der Waals surface area contributed by atoms with Gasteiger partial charge in [-0.3, -0.25) is 0 Å². The maximum absolute atomic E-state index is 5.84. The summed E-state index contributed by atoms with van der Waals surface area (Å²) in [6.07, 6.45) is 0. The Bertz CT molecular complexity index is 55.2. The molecule has 0 fully saturated rings. The number of rotatable bonds is 1. The van der Waals surface area contributed by atoms with E-state index in [1.54, 1.807) is 0 Å². The molecule has 0 saturated carbocycles. The van der Waals surface area contributed by atoms with E-state index in [4.69, 9.17) is 17.8 Å². The molecule has 0 rings (SSSR count). The van der Waals surface area contributed by atoms with Gasteiger partial charge < -0.3 is 0 Å². The van der Waals surface area contributed by atoms with Crippen molar-refractivity contribution in [3.05, 3.63) is 0 Å². The third-order valence-electron chi connectivity index (χ3n) is 1.01. The fraction of sp³-hybridized carbons (Fsp3) is 1.00. The van der Waals surface area contributed by atoms with Gasteiger partial charge in [-0.05, 0) is 0 Å². The second-order valence-electron chi connectivity index (χ2n) is 2.11. The van der Waals surface area contributed by atoms with Crippen LogP contribution in [0.25, 0.3) is 0 Å². The van der Waals surface area contributed by atoms with E-state index < -0.39 is 16.1 Å². The molecule has 0 amide bonds. The normalized spacial score (nSPS) is 12.9. The summed E-state index contributed by atoms with van der Waals surface area (Å²) in [5.41, 5.74) is 0. The van der Waals surface area contributed by atoms with E-state index in [9.17, 15) is 0 Å². The Hall–Kier alpha value is 1.38. The van der Waals surface area contributed by atoms with Crippen molar-refractivity contribution in [3.8, 4) is 0 Å². The first-order valence-corrected chi connectivity index (χ1v) is 14.1. The number of halogens is 2. The molecule has 0 aromatic rings. The summed E-state index contributed by atoms with van der Waals surface area (Å²) in [6, 6.07) is 0. The molecule has 0 aliphatic heterocycles. The van der Waals surface area contributed by atoms with E-state index in [1.807, 2.05) is 4.94 Å². The van der Waals surface area contributed by atoms with Crippen LogP contribution in [0.1, 0.15) is 13.8 Å².